The Morgan fingerprint density at radius 1 is 1.40 bits per heavy atom. The van der Waals surface area contributed by atoms with Gasteiger partial charge in [-0.05, 0) is 12.0 Å². The number of allylic oxidation sites excluding steroid dienone is 1. The van der Waals surface area contributed by atoms with Gasteiger partial charge in [0, 0.05) is 24.0 Å². The summed E-state index contributed by atoms with van der Waals surface area (Å²) < 4.78 is 0.591. The van der Waals surface area contributed by atoms with E-state index in [1.165, 1.54) is 0 Å². The zero-order valence-electron chi connectivity index (χ0n) is 13.4. The van der Waals surface area contributed by atoms with Crippen LogP contribution in [-0.2, 0) is 4.79 Å². The molecule has 0 aromatic carbocycles. The quantitative estimate of drug-likeness (QED) is 0.731. The van der Waals surface area contributed by atoms with Gasteiger partial charge in [-0.1, -0.05) is 69.3 Å². The van der Waals surface area contributed by atoms with E-state index < -0.39 is 0 Å². The molecule has 20 heavy (non-hydrogen) atoms. The number of aliphatic hydroxyl groups is 1. The number of rotatable bonds is 4. The summed E-state index contributed by atoms with van der Waals surface area (Å²) in [6.07, 6.45) is 5.36. The third-order valence-corrected chi connectivity index (χ3v) is 3.22. The van der Waals surface area contributed by atoms with Crippen LogP contribution in [0.4, 0.5) is 0 Å². The minimum atomic E-state index is -0.318. The summed E-state index contributed by atoms with van der Waals surface area (Å²) >= 11 is 3.18. The average molecular weight is 346 g/mol. The van der Waals surface area contributed by atoms with Gasteiger partial charge in [-0.25, -0.2) is 0 Å². The van der Waals surface area contributed by atoms with Crippen molar-refractivity contribution in [3.05, 3.63) is 34.5 Å². The molecule has 1 rings (SSSR count). The Morgan fingerprint density at radius 3 is 2.40 bits per heavy atom. The highest BCUT2D eigenvalue weighted by Gasteiger charge is 2.25. The standard InChI is InChI=1S/C12H16BrNO2.2C2H6/c1-3-5-9(4-2)8-14-7-6-10(13)11(15)12(14)16;2*1-2/h4-5,15H,2-3,6-8H2,1H3;2*1-2H3/b9-5+;;. The molecule has 116 valence electrons. The first kappa shape index (κ1) is 21.3. The van der Waals surface area contributed by atoms with Gasteiger partial charge in [-0.3, -0.25) is 4.79 Å². The van der Waals surface area contributed by atoms with E-state index >= 15 is 0 Å². The molecular weight excluding hydrogens is 318 g/mol. The summed E-state index contributed by atoms with van der Waals surface area (Å²) in [5.74, 6) is -0.492. The fraction of sp³-hybridized carbons (Fsp3) is 0.562. The van der Waals surface area contributed by atoms with E-state index in [9.17, 15) is 9.90 Å². The molecule has 1 aliphatic rings. The van der Waals surface area contributed by atoms with Crippen molar-refractivity contribution in [2.24, 2.45) is 0 Å². The number of carbonyl (C=O) groups is 1. The van der Waals surface area contributed by atoms with Crippen molar-refractivity contribution in [3.8, 4) is 0 Å². The number of nitrogens with zero attached hydrogens (tertiary/aromatic N) is 1. The van der Waals surface area contributed by atoms with Crippen LogP contribution in [0.15, 0.2) is 34.5 Å². The van der Waals surface area contributed by atoms with E-state index in [1.54, 1.807) is 11.0 Å². The molecule has 1 heterocycles. The summed E-state index contributed by atoms with van der Waals surface area (Å²) in [5, 5.41) is 9.53. The van der Waals surface area contributed by atoms with Crippen LogP contribution in [-0.4, -0.2) is 29.0 Å². The van der Waals surface area contributed by atoms with Crippen LogP contribution in [0.1, 0.15) is 47.5 Å². The molecule has 0 fully saturated rings. The zero-order valence-corrected chi connectivity index (χ0v) is 15.0. The van der Waals surface area contributed by atoms with Gasteiger partial charge in [-0.15, -0.1) is 0 Å². The highest BCUT2D eigenvalue weighted by Crippen LogP contribution is 2.22. The van der Waals surface area contributed by atoms with Crippen molar-refractivity contribution in [1.82, 2.24) is 4.90 Å². The Bertz CT molecular complexity index is 359. The van der Waals surface area contributed by atoms with E-state index in [4.69, 9.17) is 0 Å². The van der Waals surface area contributed by atoms with Crippen LogP contribution < -0.4 is 0 Å². The Balaban J connectivity index is 0. The Labute approximate surface area is 132 Å². The zero-order chi connectivity index (χ0) is 16.1. The van der Waals surface area contributed by atoms with Crippen molar-refractivity contribution >= 4 is 21.8 Å². The minimum absolute atomic E-state index is 0.175. The molecule has 0 radical (unpaired) electrons. The second-order valence-corrected chi connectivity index (χ2v) is 4.58. The van der Waals surface area contributed by atoms with Crippen LogP contribution in [0.3, 0.4) is 0 Å². The molecule has 0 atom stereocenters. The first-order valence-corrected chi connectivity index (χ1v) is 8.07. The lowest BCUT2D eigenvalue weighted by molar-refractivity contribution is -0.130. The van der Waals surface area contributed by atoms with E-state index in [1.807, 2.05) is 40.7 Å². The second-order valence-electron chi connectivity index (χ2n) is 3.62. The van der Waals surface area contributed by atoms with Gasteiger partial charge >= 0.3 is 0 Å². The number of carbonyl (C=O) groups excluding carboxylic acids is 1. The van der Waals surface area contributed by atoms with Crippen molar-refractivity contribution in [2.75, 3.05) is 13.1 Å². The molecule has 3 nitrogen and oxygen atoms in total. The molecule has 1 aliphatic heterocycles. The highest BCUT2D eigenvalue weighted by atomic mass is 79.9. The van der Waals surface area contributed by atoms with Gasteiger partial charge in [0.15, 0.2) is 5.76 Å². The van der Waals surface area contributed by atoms with E-state index in [2.05, 4.69) is 22.5 Å². The van der Waals surface area contributed by atoms with E-state index in [0.29, 0.717) is 24.0 Å². The molecule has 1 N–H and O–H groups in total. The van der Waals surface area contributed by atoms with Crippen LogP contribution in [0.2, 0.25) is 0 Å². The second kappa shape index (κ2) is 13.0. The molecule has 0 aliphatic carbocycles. The third kappa shape index (κ3) is 6.94. The SMILES string of the molecule is C=C/C(=C\CC)CN1CCC(Br)=C(O)C1=O.CC.CC. The maximum Gasteiger partial charge on any atom is 0.289 e. The smallest absolute Gasteiger partial charge is 0.289 e. The summed E-state index contributed by atoms with van der Waals surface area (Å²) in [6, 6.07) is 0. The van der Waals surface area contributed by atoms with E-state index in [0.717, 1.165) is 12.0 Å². The summed E-state index contributed by atoms with van der Waals surface area (Å²) in [4.78, 5) is 13.3. The van der Waals surface area contributed by atoms with E-state index in [-0.39, 0.29) is 11.7 Å². The molecule has 4 heteroatoms. The van der Waals surface area contributed by atoms with Gasteiger partial charge in [0.2, 0.25) is 0 Å². The topological polar surface area (TPSA) is 40.5 Å². The highest BCUT2D eigenvalue weighted by molar-refractivity contribution is 9.11. The maximum absolute atomic E-state index is 11.7. The molecule has 0 spiro atoms. The van der Waals surface area contributed by atoms with Crippen molar-refractivity contribution < 1.29 is 9.90 Å². The van der Waals surface area contributed by atoms with Crippen LogP contribution in [0.25, 0.3) is 0 Å². The fourth-order valence-electron chi connectivity index (χ4n) is 1.56. The van der Waals surface area contributed by atoms with Gasteiger partial charge in [0.05, 0.1) is 0 Å². The number of halogens is 1. The monoisotopic (exact) mass is 345 g/mol. The predicted octanol–water partition coefficient (Wildman–Crippen LogP) is 4.96. The Morgan fingerprint density at radius 2 is 1.95 bits per heavy atom. The lowest BCUT2D eigenvalue weighted by atomic mass is 10.1. The normalized spacial score (nSPS) is 15.0. The van der Waals surface area contributed by atoms with Gasteiger partial charge in [0.25, 0.3) is 5.91 Å². The molecule has 0 saturated carbocycles. The molecular formula is C16H28BrNO2. The first-order valence-electron chi connectivity index (χ1n) is 7.28. The summed E-state index contributed by atoms with van der Waals surface area (Å²) in [6.45, 7) is 14.9. The average Bonchev–Trinajstić information content (AvgIpc) is 2.51. The largest absolute Gasteiger partial charge is 0.502 e. The number of hydrogen-bond donors (Lipinski definition) is 1. The maximum atomic E-state index is 11.7. The molecule has 1 amide bonds. The number of hydrogen-bond acceptors (Lipinski definition) is 2. The van der Waals surface area contributed by atoms with Crippen LogP contribution >= 0.6 is 15.9 Å². The lowest BCUT2D eigenvalue weighted by Crippen LogP contribution is -2.37. The fourth-order valence-corrected chi connectivity index (χ4v) is 1.91. The predicted molar refractivity (Wildman–Crippen MR) is 91.0 cm³/mol. The van der Waals surface area contributed by atoms with Gasteiger partial charge < -0.3 is 10.0 Å². The van der Waals surface area contributed by atoms with Gasteiger partial charge in [-0.2, -0.15) is 0 Å². The summed E-state index contributed by atoms with van der Waals surface area (Å²) in [7, 11) is 0. The number of amides is 1. The van der Waals surface area contributed by atoms with Crippen molar-refractivity contribution in [2.45, 2.75) is 47.5 Å². The Kier molecular flexibility index (Phi) is 13.8. The molecule has 0 unspecified atom stereocenters. The van der Waals surface area contributed by atoms with Crippen molar-refractivity contribution in [1.29, 1.82) is 0 Å². The van der Waals surface area contributed by atoms with Crippen LogP contribution in [0.5, 0.6) is 0 Å². The first-order chi connectivity index (χ1) is 9.60. The van der Waals surface area contributed by atoms with Crippen LogP contribution in [0, 0.1) is 0 Å². The third-order valence-electron chi connectivity index (χ3n) is 2.45. The lowest BCUT2D eigenvalue weighted by Gasteiger charge is -2.26. The van der Waals surface area contributed by atoms with Crippen molar-refractivity contribution in [3.63, 3.8) is 0 Å². The number of aliphatic hydroxyl groups excluding tert-OH is 1. The molecule has 0 saturated heterocycles. The molecule has 0 aromatic rings. The summed E-state index contributed by atoms with van der Waals surface area (Å²) in [5.41, 5.74) is 1.02. The van der Waals surface area contributed by atoms with Gasteiger partial charge in [0.1, 0.15) is 0 Å². The molecule has 0 aromatic heterocycles. The molecule has 0 bridgehead atoms. The Hall–Kier alpha value is -1.03. The minimum Gasteiger partial charge on any atom is -0.502 e.